The third-order valence-corrected chi connectivity index (χ3v) is 4.41. The van der Waals surface area contributed by atoms with Gasteiger partial charge in [-0.3, -0.25) is 19.6 Å². The molecule has 0 spiro atoms. The highest BCUT2D eigenvalue weighted by atomic mass is 16.5. The molecular weight excluding hydrogens is 386 g/mol. The molecule has 3 amide bonds. The summed E-state index contributed by atoms with van der Waals surface area (Å²) in [6, 6.07) is 14.0. The van der Waals surface area contributed by atoms with Crippen molar-refractivity contribution in [2.75, 3.05) is 19.6 Å². The number of hydrogen-bond acceptors (Lipinski definition) is 6. The van der Waals surface area contributed by atoms with Crippen LogP contribution in [0.4, 0.5) is 0 Å². The van der Waals surface area contributed by atoms with Crippen molar-refractivity contribution in [1.82, 2.24) is 21.4 Å². The minimum Gasteiger partial charge on any atom is -0.355 e. The molecule has 0 unspecified atom stereocenters. The Kier molecular flexibility index (Phi) is 8.95. The molecule has 160 valence electrons. The summed E-state index contributed by atoms with van der Waals surface area (Å²) in [6.07, 6.45) is 0. The second kappa shape index (κ2) is 11.7. The molecule has 7 N–H and O–H groups in total. The summed E-state index contributed by atoms with van der Waals surface area (Å²) in [4.78, 5) is 34.5. The molecule has 2 aromatic rings. The molecule has 0 aliphatic rings. The van der Waals surface area contributed by atoms with Gasteiger partial charge in [-0.2, -0.15) is 0 Å². The lowest BCUT2D eigenvalue weighted by Crippen LogP contribution is -2.50. The van der Waals surface area contributed by atoms with E-state index in [-0.39, 0.29) is 12.5 Å². The van der Waals surface area contributed by atoms with Gasteiger partial charge in [-0.05, 0) is 28.8 Å². The molecule has 0 heterocycles. The Labute approximate surface area is 175 Å². The first-order valence-electron chi connectivity index (χ1n) is 9.54. The zero-order chi connectivity index (χ0) is 21.9. The van der Waals surface area contributed by atoms with Gasteiger partial charge in [0.2, 0.25) is 5.91 Å². The quantitative estimate of drug-likeness (QED) is 0.186. The third kappa shape index (κ3) is 6.96. The highest BCUT2D eigenvalue weighted by Gasteiger charge is 2.19. The minimum atomic E-state index is -1.01. The number of carbonyl (C=O) groups excluding carboxylic acids is 3. The number of nitrogens with two attached hydrogens (primary N) is 1. The van der Waals surface area contributed by atoms with Crippen LogP contribution >= 0.6 is 0 Å². The average molecular weight is 413 g/mol. The smallest absolute Gasteiger partial charge is 0.267 e. The van der Waals surface area contributed by atoms with Crippen molar-refractivity contribution >= 4 is 17.7 Å². The molecule has 9 heteroatoms. The first-order chi connectivity index (χ1) is 14.4. The molecule has 2 rings (SSSR count). The van der Waals surface area contributed by atoms with E-state index in [2.05, 4.69) is 16.0 Å². The van der Waals surface area contributed by atoms with E-state index in [9.17, 15) is 14.4 Å². The van der Waals surface area contributed by atoms with Gasteiger partial charge in [0.15, 0.2) is 0 Å². The Morgan fingerprint density at radius 2 is 1.57 bits per heavy atom. The van der Waals surface area contributed by atoms with Crippen molar-refractivity contribution in [2.24, 2.45) is 5.73 Å². The minimum absolute atomic E-state index is 0.0421. The van der Waals surface area contributed by atoms with Gasteiger partial charge in [0.1, 0.15) is 6.04 Å². The highest BCUT2D eigenvalue weighted by Crippen LogP contribution is 2.20. The number of amides is 3. The summed E-state index contributed by atoms with van der Waals surface area (Å²) in [5.41, 5.74) is 10.4. The second-order valence-corrected chi connectivity index (χ2v) is 6.67. The van der Waals surface area contributed by atoms with E-state index in [1.54, 1.807) is 12.1 Å². The molecule has 0 bridgehead atoms. The maximum Gasteiger partial charge on any atom is 0.267 e. The molecule has 0 aliphatic carbocycles. The Morgan fingerprint density at radius 1 is 0.967 bits per heavy atom. The molecule has 0 saturated carbocycles. The Hall–Kier alpha value is -3.27. The number of carbonyl (C=O) groups is 3. The monoisotopic (exact) mass is 413 g/mol. The lowest BCUT2D eigenvalue weighted by atomic mass is 10.0. The predicted octanol–water partition coefficient (Wildman–Crippen LogP) is 0.142. The fourth-order valence-corrected chi connectivity index (χ4v) is 2.74. The summed E-state index contributed by atoms with van der Waals surface area (Å²) in [5.74, 6) is -1.27. The van der Waals surface area contributed by atoms with Gasteiger partial charge in [-0.25, -0.2) is 5.48 Å². The summed E-state index contributed by atoms with van der Waals surface area (Å²) in [5, 5.41) is 17.1. The number of hydrogen-bond donors (Lipinski definition) is 6. The second-order valence-electron chi connectivity index (χ2n) is 6.67. The normalized spacial score (nSPS) is 11.4. The Bertz CT molecular complexity index is 853. The molecule has 30 heavy (non-hydrogen) atoms. The van der Waals surface area contributed by atoms with Gasteiger partial charge in [0, 0.05) is 38.7 Å². The first kappa shape index (κ1) is 23.0. The van der Waals surface area contributed by atoms with Crippen molar-refractivity contribution in [3.8, 4) is 11.1 Å². The van der Waals surface area contributed by atoms with E-state index >= 15 is 0 Å². The molecule has 0 saturated heterocycles. The summed E-state index contributed by atoms with van der Waals surface area (Å²) in [7, 11) is 0. The van der Waals surface area contributed by atoms with Crippen molar-refractivity contribution in [3.05, 3.63) is 59.7 Å². The van der Waals surface area contributed by atoms with Crippen LogP contribution in [0.5, 0.6) is 0 Å². The van der Waals surface area contributed by atoms with E-state index in [1.165, 1.54) is 12.4 Å². The molecule has 0 fully saturated rings. The van der Waals surface area contributed by atoms with E-state index in [4.69, 9.17) is 10.9 Å². The maximum absolute atomic E-state index is 12.3. The SMILES string of the molecule is CC(=O)NCCNCc1ccc(-c2ccc(C(=O)N[C@@H](CN)C(=O)NO)cc2)cc1. The van der Waals surface area contributed by atoms with Crippen molar-refractivity contribution in [1.29, 1.82) is 0 Å². The number of hydroxylamine groups is 1. The first-order valence-corrected chi connectivity index (χ1v) is 9.54. The average Bonchev–Trinajstić information content (AvgIpc) is 2.77. The van der Waals surface area contributed by atoms with Crippen LogP contribution in [0.2, 0.25) is 0 Å². The van der Waals surface area contributed by atoms with Crippen LogP contribution in [0.1, 0.15) is 22.8 Å². The highest BCUT2D eigenvalue weighted by molar-refractivity contribution is 5.97. The number of rotatable bonds is 10. The zero-order valence-corrected chi connectivity index (χ0v) is 16.8. The predicted molar refractivity (Wildman–Crippen MR) is 113 cm³/mol. The third-order valence-electron chi connectivity index (χ3n) is 4.41. The van der Waals surface area contributed by atoms with Gasteiger partial charge in [-0.15, -0.1) is 0 Å². The van der Waals surface area contributed by atoms with Crippen LogP contribution in [0.25, 0.3) is 11.1 Å². The summed E-state index contributed by atoms with van der Waals surface area (Å²) in [6.45, 7) is 3.33. The molecule has 0 radical (unpaired) electrons. The summed E-state index contributed by atoms with van der Waals surface area (Å²) < 4.78 is 0. The van der Waals surface area contributed by atoms with Gasteiger partial charge >= 0.3 is 0 Å². The molecular formula is C21H27N5O4. The number of benzene rings is 2. The van der Waals surface area contributed by atoms with Crippen molar-refractivity contribution in [2.45, 2.75) is 19.5 Å². The maximum atomic E-state index is 12.3. The van der Waals surface area contributed by atoms with Gasteiger partial charge in [0.25, 0.3) is 11.8 Å². The van der Waals surface area contributed by atoms with Crippen LogP contribution in [0, 0.1) is 0 Å². The fourth-order valence-electron chi connectivity index (χ4n) is 2.74. The Morgan fingerprint density at radius 3 is 2.10 bits per heavy atom. The zero-order valence-electron chi connectivity index (χ0n) is 16.8. The molecule has 9 nitrogen and oxygen atoms in total. The topological polar surface area (TPSA) is 146 Å². The van der Waals surface area contributed by atoms with Crippen molar-refractivity contribution < 1.29 is 19.6 Å². The number of nitrogens with one attached hydrogen (secondary N) is 4. The largest absolute Gasteiger partial charge is 0.355 e. The van der Waals surface area contributed by atoms with E-state index in [0.29, 0.717) is 25.2 Å². The van der Waals surface area contributed by atoms with E-state index < -0.39 is 17.9 Å². The van der Waals surface area contributed by atoms with Crippen LogP contribution in [-0.4, -0.2) is 48.6 Å². The lowest BCUT2D eigenvalue weighted by Gasteiger charge is -2.14. The van der Waals surface area contributed by atoms with Gasteiger partial charge < -0.3 is 21.7 Å². The molecule has 1 atom stereocenters. The van der Waals surface area contributed by atoms with Gasteiger partial charge in [-0.1, -0.05) is 36.4 Å². The summed E-state index contributed by atoms with van der Waals surface area (Å²) >= 11 is 0. The molecule has 0 aliphatic heterocycles. The Balaban J connectivity index is 1.92. The molecule has 0 aromatic heterocycles. The standard InChI is InChI=1S/C21H27N5O4/c1-14(27)24-11-10-23-13-15-2-4-16(5-3-15)17-6-8-18(9-7-17)20(28)25-19(12-22)21(29)26-30/h2-9,19,23,30H,10-13,22H2,1H3,(H,24,27)(H,25,28)(H,26,29)/t19-/m0/s1. The van der Waals surface area contributed by atoms with Crippen LogP contribution in [0.3, 0.4) is 0 Å². The van der Waals surface area contributed by atoms with Crippen LogP contribution in [-0.2, 0) is 16.1 Å². The van der Waals surface area contributed by atoms with Crippen LogP contribution in [0.15, 0.2) is 48.5 Å². The van der Waals surface area contributed by atoms with Crippen LogP contribution < -0.4 is 27.2 Å². The van der Waals surface area contributed by atoms with Gasteiger partial charge in [0.05, 0.1) is 0 Å². The molecule has 2 aromatic carbocycles. The lowest BCUT2D eigenvalue weighted by molar-refractivity contribution is -0.130. The van der Waals surface area contributed by atoms with Crippen molar-refractivity contribution in [3.63, 3.8) is 0 Å². The van der Waals surface area contributed by atoms with E-state index in [0.717, 1.165) is 16.7 Å². The fraction of sp³-hybridized carbons (Fsp3) is 0.286. The van der Waals surface area contributed by atoms with E-state index in [1.807, 2.05) is 36.4 Å².